The molecule has 11 heteroatoms. The molecule has 1 heterocycles. The van der Waals surface area contributed by atoms with Gasteiger partial charge in [0.2, 0.25) is 11.6 Å². The number of aromatic nitrogens is 3. The van der Waals surface area contributed by atoms with Gasteiger partial charge in [0.05, 0.1) is 11.1 Å². The van der Waals surface area contributed by atoms with Crippen LogP contribution in [0.1, 0.15) is 17.2 Å². The van der Waals surface area contributed by atoms with Crippen LogP contribution in [-0.4, -0.2) is 19.7 Å². The monoisotopic (exact) mass is 423 g/mol. The number of nitrogens with one attached hydrogen (secondary N) is 1. The van der Waals surface area contributed by atoms with Crippen molar-refractivity contribution in [2.24, 2.45) is 0 Å². The Kier molecular flexibility index (Phi) is 5.55. The van der Waals surface area contributed by atoms with E-state index < -0.39 is 28.4 Å². The van der Waals surface area contributed by atoms with Crippen LogP contribution in [0.4, 0.5) is 18.9 Å². The van der Waals surface area contributed by atoms with E-state index in [2.05, 4.69) is 15.5 Å². The van der Waals surface area contributed by atoms with E-state index in [9.17, 15) is 23.3 Å². The average Bonchev–Trinajstić information content (AvgIpc) is 3.07. The highest BCUT2D eigenvalue weighted by molar-refractivity contribution is 6.30. The third-order valence-corrected chi connectivity index (χ3v) is 4.07. The quantitative estimate of drug-likeness (QED) is 0.464. The van der Waals surface area contributed by atoms with Gasteiger partial charge in [0.25, 0.3) is 0 Å². The number of hydrogen-bond acceptors (Lipinski definition) is 5. The Morgan fingerprint density at radius 2 is 1.90 bits per heavy atom. The van der Waals surface area contributed by atoms with Crippen LogP contribution >= 0.6 is 11.6 Å². The first-order chi connectivity index (χ1) is 13.7. The maximum Gasteiger partial charge on any atom is 0.452 e. The van der Waals surface area contributed by atoms with Crippen LogP contribution in [0.3, 0.4) is 0 Å². The molecule has 0 fully saturated rings. The predicted molar refractivity (Wildman–Crippen MR) is 101 cm³/mol. The molecule has 150 valence electrons. The van der Waals surface area contributed by atoms with Gasteiger partial charge in [-0.15, -0.1) is 10.2 Å². The molecule has 2 aromatic carbocycles. The summed E-state index contributed by atoms with van der Waals surface area (Å²) in [6.45, 7) is 1.76. The highest BCUT2D eigenvalue weighted by Crippen LogP contribution is 2.32. The number of benzene rings is 2. The van der Waals surface area contributed by atoms with Gasteiger partial charge < -0.3 is 5.32 Å². The molecule has 7 nitrogen and oxygen atoms in total. The summed E-state index contributed by atoms with van der Waals surface area (Å²) in [5.74, 6) is -1.94. The molecular formula is C18H13ClF3N5O2. The lowest BCUT2D eigenvalue weighted by Crippen LogP contribution is -2.16. The summed E-state index contributed by atoms with van der Waals surface area (Å²) in [5, 5.41) is 21.2. The largest absolute Gasteiger partial charge is 0.452 e. The number of aryl methyl sites for hydroxylation is 1. The number of hydrogen-bond donors (Lipinski definition) is 1. The normalized spacial score (nSPS) is 12.1. The highest BCUT2D eigenvalue weighted by Gasteiger charge is 2.41. The topological polar surface area (TPSA) is 85.9 Å². The van der Waals surface area contributed by atoms with Crippen molar-refractivity contribution >= 4 is 23.0 Å². The standard InChI is InChI=1S/C18H13ClF3N5O2/c1-11-5-7-14(8-6-11)26-16(24-25-17(26)18(20,21)22)15(27(28)29)10-23-13-4-2-3-12(19)9-13/h2-10,23H,1H3/b15-10+. The van der Waals surface area contributed by atoms with Crippen molar-refractivity contribution in [1.82, 2.24) is 14.8 Å². The summed E-state index contributed by atoms with van der Waals surface area (Å²) in [7, 11) is 0. The molecule has 0 atom stereocenters. The Morgan fingerprint density at radius 1 is 1.21 bits per heavy atom. The number of nitrogens with zero attached hydrogens (tertiary/aromatic N) is 4. The SMILES string of the molecule is Cc1ccc(-n2c(/C(=C\Nc3cccc(Cl)c3)[N+](=O)[O-])nnc2C(F)(F)F)cc1. The first kappa shape index (κ1) is 20.3. The molecule has 0 amide bonds. The van der Waals surface area contributed by atoms with Crippen molar-refractivity contribution in [2.45, 2.75) is 13.1 Å². The average molecular weight is 424 g/mol. The predicted octanol–water partition coefficient (Wildman–Crippen LogP) is 4.94. The molecule has 3 aromatic rings. The van der Waals surface area contributed by atoms with Crippen molar-refractivity contribution in [3.63, 3.8) is 0 Å². The molecule has 0 aliphatic carbocycles. The molecule has 0 saturated carbocycles. The van der Waals surface area contributed by atoms with Crippen LogP contribution in [0.5, 0.6) is 0 Å². The van der Waals surface area contributed by atoms with Crippen LogP contribution in [0.15, 0.2) is 54.7 Å². The molecule has 1 N–H and O–H groups in total. The Labute approximate surface area is 167 Å². The van der Waals surface area contributed by atoms with Crippen LogP contribution < -0.4 is 5.32 Å². The van der Waals surface area contributed by atoms with Crippen molar-refractivity contribution in [3.8, 4) is 5.69 Å². The van der Waals surface area contributed by atoms with Crippen molar-refractivity contribution < 1.29 is 18.1 Å². The number of halogens is 4. The molecule has 3 rings (SSSR count). The van der Waals surface area contributed by atoms with Gasteiger partial charge in [0.15, 0.2) is 0 Å². The first-order valence-electron chi connectivity index (χ1n) is 8.13. The fourth-order valence-electron chi connectivity index (χ4n) is 2.50. The highest BCUT2D eigenvalue weighted by atomic mass is 35.5. The van der Waals surface area contributed by atoms with Crippen molar-refractivity contribution in [1.29, 1.82) is 0 Å². The summed E-state index contributed by atoms with van der Waals surface area (Å²) in [4.78, 5) is 10.8. The van der Waals surface area contributed by atoms with Gasteiger partial charge in [-0.3, -0.25) is 14.7 Å². The van der Waals surface area contributed by atoms with E-state index in [1.165, 1.54) is 18.2 Å². The third-order valence-electron chi connectivity index (χ3n) is 3.83. The van der Waals surface area contributed by atoms with Gasteiger partial charge >= 0.3 is 11.9 Å². The van der Waals surface area contributed by atoms with E-state index in [1.54, 1.807) is 37.3 Å². The molecule has 0 spiro atoms. The van der Waals surface area contributed by atoms with E-state index in [1.807, 2.05) is 0 Å². The summed E-state index contributed by atoms with van der Waals surface area (Å²) in [6, 6.07) is 12.3. The molecule has 1 aromatic heterocycles. The molecule has 29 heavy (non-hydrogen) atoms. The summed E-state index contributed by atoms with van der Waals surface area (Å²) < 4.78 is 40.9. The zero-order valence-electron chi connectivity index (χ0n) is 14.8. The number of nitro groups is 1. The Morgan fingerprint density at radius 3 is 2.48 bits per heavy atom. The minimum absolute atomic E-state index is 0.0402. The van der Waals surface area contributed by atoms with E-state index in [0.29, 0.717) is 15.3 Å². The lowest BCUT2D eigenvalue weighted by Gasteiger charge is -2.11. The van der Waals surface area contributed by atoms with Gasteiger partial charge in [-0.25, -0.2) is 0 Å². The number of rotatable bonds is 5. The summed E-state index contributed by atoms with van der Waals surface area (Å²) >= 11 is 5.87. The fraction of sp³-hybridized carbons (Fsp3) is 0.111. The molecule has 0 aliphatic heterocycles. The van der Waals surface area contributed by atoms with E-state index in [-0.39, 0.29) is 5.69 Å². The van der Waals surface area contributed by atoms with Crippen LogP contribution in [0.25, 0.3) is 11.4 Å². The second-order valence-corrected chi connectivity index (χ2v) is 6.39. The van der Waals surface area contributed by atoms with Gasteiger partial charge in [-0.1, -0.05) is 35.4 Å². The van der Waals surface area contributed by atoms with Crippen molar-refractivity contribution in [2.75, 3.05) is 5.32 Å². The van der Waals surface area contributed by atoms with E-state index in [4.69, 9.17) is 11.6 Å². The van der Waals surface area contributed by atoms with Crippen LogP contribution in [-0.2, 0) is 6.18 Å². The second kappa shape index (κ2) is 7.92. The molecule has 0 unspecified atom stereocenters. The zero-order valence-corrected chi connectivity index (χ0v) is 15.6. The van der Waals surface area contributed by atoms with Gasteiger partial charge in [0.1, 0.15) is 0 Å². The molecule has 0 aliphatic rings. The minimum Gasteiger partial charge on any atom is -0.356 e. The smallest absolute Gasteiger partial charge is 0.356 e. The zero-order chi connectivity index (χ0) is 21.2. The first-order valence-corrected chi connectivity index (χ1v) is 8.51. The van der Waals surface area contributed by atoms with Crippen molar-refractivity contribution in [3.05, 3.63) is 87.1 Å². The maximum atomic E-state index is 13.4. The lowest BCUT2D eigenvalue weighted by atomic mass is 10.2. The Hall–Kier alpha value is -3.40. The molecule has 0 radical (unpaired) electrons. The maximum absolute atomic E-state index is 13.4. The second-order valence-electron chi connectivity index (χ2n) is 5.96. The minimum atomic E-state index is -4.86. The van der Waals surface area contributed by atoms with Gasteiger partial charge in [0, 0.05) is 16.4 Å². The fourth-order valence-corrected chi connectivity index (χ4v) is 2.69. The van der Waals surface area contributed by atoms with Gasteiger partial charge in [-0.05, 0) is 37.3 Å². The molecule has 0 saturated heterocycles. The summed E-state index contributed by atoms with van der Waals surface area (Å²) in [5.41, 5.74) is 0.561. The number of alkyl halides is 3. The molecular weight excluding hydrogens is 411 g/mol. The number of anilines is 1. The Balaban J connectivity index is 2.13. The molecule has 0 bridgehead atoms. The lowest BCUT2D eigenvalue weighted by molar-refractivity contribution is -0.376. The summed E-state index contributed by atoms with van der Waals surface area (Å²) in [6.07, 6.45) is -3.92. The van der Waals surface area contributed by atoms with Crippen LogP contribution in [0.2, 0.25) is 5.02 Å². The van der Waals surface area contributed by atoms with Gasteiger partial charge in [-0.2, -0.15) is 13.2 Å². The van der Waals surface area contributed by atoms with Crippen LogP contribution in [0, 0.1) is 17.0 Å². The Bertz CT molecular complexity index is 1080. The van der Waals surface area contributed by atoms with E-state index >= 15 is 0 Å². The van der Waals surface area contributed by atoms with E-state index in [0.717, 1.165) is 11.8 Å². The third kappa shape index (κ3) is 4.54.